The molecule has 0 unspecified atom stereocenters. The lowest BCUT2D eigenvalue weighted by molar-refractivity contribution is -0.384. The Morgan fingerprint density at radius 2 is 2.04 bits per heavy atom. The molecule has 0 aliphatic rings. The summed E-state index contributed by atoms with van der Waals surface area (Å²) in [6.07, 6.45) is 2.18. The second-order valence-corrected chi connectivity index (χ2v) is 6.06. The summed E-state index contributed by atoms with van der Waals surface area (Å²) in [7, 11) is 0. The highest BCUT2D eigenvalue weighted by molar-refractivity contribution is 5.52. The fourth-order valence-electron chi connectivity index (χ4n) is 2.70. The Bertz CT molecular complexity index is 941. The van der Waals surface area contributed by atoms with E-state index in [4.69, 9.17) is 9.15 Å². The molecule has 8 heteroatoms. The third kappa shape index (κ3) is 4.92. The Balaban J connectivity index is 1.57. The highest BCUT2D eigenvalue weighted by Crippen LogP contribution is 2.24. The van der Waals surface area contributed by atoms with Gasteiger partial charge in [-0.25, -0.2) is 9.37 Å². The van der Waals surface area contributed by atoms with Gasteiger partial charge in [-0.2, -0.15) is 0 Å². The monoisotopic (exact) mass is 385 g/mol. The summed E-state index contributed by atoms with van der Waals surface area (Å²) in [4.78, 5) is 15.0. The van der Waals surface area contributed by atoms with Crippen molar-refractivity contribution < 1.29 is 18.5 Å². The van der Waals surface area contributed by atoms with Crippen LogP contribution in [0.3, 0.4) is 0 Å². The standard InChI is InChI=1S/C20H20FN3O4/c1-2-27-19-8-7-18(24(25)26)11-15(19)12-22-10-9-17-13-28-20(23-17)14-3-5-16(21)6-4-14/h3-8,11,13,22H,2,9-10,12H2,1H3. The molecule has 1 N–H and O–H groups in total. The lowest BCUT2D eigenvalue weighted by Gasteiger charge is -2.10. The predicted molar refractivity (Wildman–Crippen MR) is 102 cm³/mol. The molecule has 0 amide bonds. The minimum atomic E-state index is -0.425. The molecule has 1 aromatic heterocycles. The molecule has 0 fully saturated rings. The number of nitro groups is 1. The molecule has 0 aliphatic carbocycles. The van der Waals surface area contributed by atoms with Crippen LogP contribution >= 0.6 is 0 Å². The van der Waals surface area contributed by atoms with Crippen LogP contribution in [0.15, 0.2) is 53.1 Å². The number of hydrogen-bond donors (Lipinski definition) is 1. The number of nitrogens with zero attached hydrogens (tertiary/aromatic N) is 2. The number of aromatic nitrogens is 1. The van der Waals surface area contributed by atoms with Gasteiger partial charge < -0.3 is 14.5 Å². The van der Waals surface area contributed by atoms with E-state index in [0.29, 0.717) is 43.3 Å². The highest BCUT2D eigenvalue weighted by Gasteiger charge is 2.12. The molecule has 2 aromatic carbocycles. The maximum atomic E-state index is 13.0. The van der Waals surface area contributed by atoms with E-state index < -0.39 is 4.92 Å². The zero-order valence-corrected chi connectivity index (χ0v) is 15.4. The molecule has 7 nitrogen and oxygen atoms in total. The fourth-order valence-corrected chi connectivity index (χ4v) is 2.70. The second-order valence-electron chi connectivity index (χ2n) is 6.06. The van der Waals surface area contributed by atoms with E-state index in [1.54, 1.807) is 24.5 Å². The maximum Gasteiger partial charge on any atom is 0.270 e. The number of nitro benzene ring substituents is 1. The maximum absolute atomic E-state index is 13.0. The van der Waals surface area contributed by atoms with E-state index in [0.717, 1.165) is 11.3 Å². The van der Waals surface area contributed by atoms with Crippen LogP contribution in [0.25, 0.3) is 11.5 Å². The van der Waals surface area contributed by atoms with Gasteiger partial charge in [0, 0.05) is 42.8 Å². The van der Waals surface area contributed by atoms with E-state index in [-0.39, 0.29) is 11.5 Å². The highest BCUT2D eigenvalue weighted by atomic mass is 19.1. The summed E-state index contributed by atoms with van der Waals surface area (Å²) in [6, 6.07) is 10.5. The van der Waals surface area contributed by atoms with Gasteiger partial charge in [0.1, 0.15) is 17.8 Å². The number of nitrogens with one attached hydrogen (secondary N) is 1. The van der Waals surface area contributed by atoms with Crippen molar-refractivity contribution in [3.63, 3.8) is 0 Å². The van der Waals surface area contributed by atoms with Gasteiger partial charge >= 0.3 is 0 Å². The second kappa shape index (κ2) is 9.09. The molecule has 0 aliphatic heterocycles. The number of oxazole rings is 1. The topological polar surface area (TPSA) is 90.4 Å². The first-order chi connectivity index (χ1) is 13.6. The molecule has 146 valence electrons. The summed E-state index contributed by atoms with van der Waals surface area (Å²) in [6.45, 7) is 3.38. The van der Waals surface area contributed by atoms with Crippen LogP contribution < -0.4 is 10.1 Å². The van der Waals surface area contributed by atoms with Crippen molar-refractivity contribution >= 4 is 5.69 Å². The molecule has 1 heterocycles. The van der Waals surface area contributed by atoms with Crippen LogP contribution in [-0.4, -0.2) is 23.1 Å². The van der Waals surface area contributed by atoms with E-state index in [1.165, 1.54) is 24.3 Å². The summed E-state index contributed by atoms with van der Waals surface area (Å²) < 4.78 is 24.0. The molecule has 0 radical (unpaired) electrons. The number of non-ortho nitro benzene ring substituents is 1. The molecule has 3 rings (SSSR count). The molecule has 0 spiro atoms. The average molecular weight is 385 g/mol. The van der Waals surface area contributed by atoms with E-state index in [1.807, 2.05) is 6.92 Å². The molecule has 0 saturated heterocycles. The van der Waals surface area contributed by atoms with Gasteiger partial charge in [-0.1, -0.05) is 0 Å². The number of ether oxygens (including phenoxy) is 1. The first-order valence-electron chi connectivity index (χ1n) is 8.88. The predicted octanol–water partition coefficient (Wildman–Crippen LogP) is 4.12. The first kappa shape index (κ1) is 19.5. The van der Waals surface area contributed by atoms with Crippen molar-refractivity contribution in [1.29, 1.82) is 0 Å². The van der Waals surface area contributed by atoms with E-state index >= 15 is 0 Å². The minimum absolute atomic E-state index is 0.0284. The Morgan fingerprint density at radius 1 is 1.25 bits per heavy atom. The SMILES string of the molecule is CCOc1ccc([N+](=O)[O-])cc1CNCCc1coc(-c2ccc(F)cc2)n1. The summed E-state index contributed by atoms with van der Waals surface area (Å²) >= 11 is 0. The van der Waals surface area contributed by atoms with Gasteiger partial charge in [0.2, 0.25) is 5.89 Å². The largest absolute Gasteiger partial charge is 0.494 e. The molecule has 0 bridgehead atoms. The van der Waals surface area contributed by atoms with Crippen LogP contribution in [-0.2, 0) is 13.0 Å². The van der Waals surface area contributed by atoms with Crippen LogP contribution in [0.5, 0.6) is 5.75 Å². The number of rotatable bonds is 9. The lowest BCUT2D eigenvalue weighted by Crippen LogP contribution is -2.17. The van der Waals surface area contributed by atoms with E-state index in [2.05, 4.69) is 10.3 Å². The third-order valence-electron chi connectivity index (χ3n) is 4.07. The molecule has 0 saturated carbocycles. The third-order valence-corrected chi connectivity index (χ3v) is 4.07. The van der Waals surface area contributed by atoms with Crippen LogP contribution in [0.1, 0.15) is 18.2 Å². The van der Waals surface area contributed by atoms with Crippen molar-refractivity contribution in [2.45, 2.75) is 19.9 Å². The van der Waals surface area contributed by atoms with Crippen molar-refractivity contribution in [3.05, 3.63) is 75.9 Å². The Hall–Kier alpha value is -3.26. The smallest absolute Gasteiger partial charge is 0.270 e. The van der Waals surface area contributed by atoms with Gasteiger partial charge in [0.05, 0.1) is 17.2 Å². The summed E-state index contributed by atoms with van der Waals surface area (Å²) in [5.41, 5.74) is 2.22. The first-order valence-corrected chi connectivity index (χ1v) is 8.88. The molecule has 3 aromatic rings. The zero-order chi connectivity index (χ0) is 19.9. The number of benzene rings is 2. The van der Waals surface area contributed by atoms with Gasteiger partial charge in [-0.05, 0) is 37.3 Å². The van der Waals surface area contributed by atoms with Gasteiger partial charge in [0.15, 0.2) is 0 Å². The van der Waals surface area contributed by atoms with Crippen molar-refractivity contribution in [1.82, 2.24) is 10.3 Å². The van der Waals surface area contributed by atoms with Gasteiger partial charge in [-0.15, -0.1) is 0 Å². The Morgan fingerprint density at radius 3 is 2.75 bits per heavy atom. The fraction of sp³-hybridized carbons (Fsp3) is 0.250. The number of hydrogen-bond acceptors (Lipinski definition) is 6. The average Bonchev–Trinajstić information content (AvgIpc) is 3.16. The molecule has 28 heavy (non-hydrogen) atoms. The van der Waals surface area contributed by atoms with Crippen LogP contribution in [0.4, 0.5) is 10.1 Å². The summed E-state index contributed by atoms with van der Waals surface area (Å²) in [5, 5.41) is 14.2. The van der Waals surface area contributed by atoms with Crippen LogP contribution in [0.2, 0.25) is 0 Å². The van der Waals surface area contributed by atoms with Crippen molar-refractivity contribution in [2.24, 2.45) is 0 Å². The quantitative estimate of drug-likeness (QED) is 0.338. The van der Waals surface area contributed by atoms with Crippen LogP contribution in [0, 0.1) is 15.9 Å². The van der Waals surface area contributed by atoms with Gasteiger partial charge in [-0.3, -0.25) is 10.1 Å². The van der Waals surface area contributed by atoms with Gasteiger partial charge in [0.25, 0.3) is 5.69 Å². The molecular weight excluding hydrogens is 365 g/mol. The summed E-state index contributed by atoms with van der Waals surface area (Å²) in [5.74, 6) is 0.750. The van der Waals surface area contributed by atoms with Crippen molar-refractivity contribution in [3.8, 4) is 17.2 Å². The number of halogens is 1. The lowest BCUT2D eigenvalue weighted by atomic mass is 10.1. The zero-order valence-electron chi connectivity index (χ0n) is 15.4. The van der Waals surface area contributed by atoms with E-state index in [9.17, 15) is 14.5 Å². The Kier molecular flexibility index (Phi) is 6.33. The van der Waals surface area contributed by atoms with Crippen molar-refractivity contribution in [2.75, 3.05) is 13.2 Å². The molecule has 0 atom stereocenters. The minimum Gasteiger partial charge on any atom is -0.494 e. The Labute approximate surface area is 161 Å². The molecular formula is C20H20FN3O4. The normalized spacial score (nSPS) is 10.8.